The molecule has 0 bridgehead atoms. The largest absolute Gasteiger partial charge is 0.376 e. The van der Waals surface area contributed by atoms with Gasteiger partial charge in [0.05, 0.1) is 0 Å². The van der Waals surface area contributed by atoms with Gasteiger partial charge in [-0.15, -0.1) is 0 Å². The maximum Gasteiger partial charge on any atom is 0.221 e. The molecule has 1 amide bonds. The topological polar surface area (TPSA) is 67.2 Å². The molecule has 1 aromatic rings. The van der Waals surface area contributed by atoms with Crippen LogP contribution in [0.3, 0.4) is 0 Å². The van der Waals surface area contributed by atoms with Gasteiger partial charge in [0.1, 0.15) is 0 Å². The summed E-state index contributed by atoms with van der Waals surface area (Å²) in [4.78, 5) is 10.8. The highest BCUT2D eigenvalue weighted by molar-refractivity contribution is 7.80. The Bertz CT molecular complexity index is 334. The van der Waals surface area contributed by atoms with Crippen LogP contribution < -0.4 is 16.4 Å². The Balaban J connectivity index is 2.78. The Kier molecular flexibility index (Phi) is 3.41. The van der Waals surface area contributed by atoms with Crippen molar-refractivity contribution in [3.63, 3.8) is 0 Å². The fourth-order valence-corrected chi connectivity index (χ4v) is 1.14. The number of anilines is 2. The van der Waals surface area contributed by atoms with Crippen LogP contribution in [0, 0.1) is 0 Å². The fourth-order valence-electron chi connectivity index (χ4n) is 1.02. The molecule has 74 valence electrons. The van der Waals surface area contributed by atoms with Crippen molar-refractivity contribution in [2.75, 3.05) is 10.6 Å². The zero-order chi connectivity index (χ0) is 10.6. The molecule has 0 aliphatic heterocycles. The molecule has 0 radical (unpaired) electrons. The molecule has 0 atom stereocenters. The molecule has 0 saturated carbocycles. The number of benzene rings is 1. The Morgan fingerprint density at radius 3 is 2.43 bits per heavy atom. The van der Waals surface area contributed by atoms with Crippen molar-refractivity contribution in [3.05, 3.63) is 24.3 Å². The summed E-state index contributed by atoms with van der Waals surface area (Å²) in [6, 6.07) is 7.14. The molecular formula is C9H11N3OS. The Labute approximate surface area is 87.5 Å². The lowest BCUT2D eigenvalue weighted by atomic mass is 10.3. The SMILES string of the molecule is CC(=O)Nc1cccc(NC(N)=S)c1. The molecule has 0 aromatic heterocycles. The molecule has 4 N–H and O–H groups in total. The first kappa shape index (κ1) is 10.5. The molecule has 1 aromatic carbocycles. The molecule has 14 heavy (non-hydrogen) atoms. The third-order valence-corrected chi connectivity index (χ3v) is 1.55. The number of nitrogens with two attached hydrogens (primary N) is 1. The van der Waals surface area contributed by atoms with Crippen LogP contribution >= 0.6 is 12.2 Å². The minimum Gasteiger partial charge on any atom is -0.376 e. The van der Waals surface area contributed by atoms with Gasteiger partial charge in [-0.05, 0) is 30.4 Å². The van der Waals surface area contributed by atoms with Crippen molar-refractivity contribution in [1.82, 2.24) is 0 Å². The van der Waals surface area contributed by atoms with Gasteiger partial charge >= 0.3 is 0 Å². The maximum absolute atomic E-state index is 10.8. The molecule has 4 nitrogen and oxygen atoms in total. The van der Waals surface area contributed by atoms with Gasteiger partial charge in [0.15, 0.2) is 5.11 Å². The van der Waals surface area contributed by atoms with E-state index in [1.807, 2.05) is 6.07 Å². The molecular weight excluding hydrogens is 198 g/mol. The zero-order valence-corrected chi connectivity index (χ0v) is 8.52. The van der Waals surface area contributed by atoms with E-state index in [1.165, 1.54) is 6.92 Å². The van der Waals surface area contributed by atoms with Crippen LogP contribution in [-0.2, 0) is 4.79 Å². The highest BCUT2D eigenvalue weighted by atomic mass is 32.1. The molecule has 5 heteroatoms. The van der Waals surface area contributed by atoms with Crippen molar-refractivity contribution in [2.45, 2.75) is 6.92 Å². The fraction of sp³-hybridized carbons (Fsp3) is 0.111. The molecule has 0 unspecified atom stereocenters. The van der Waals surface area contributed by atoms with Crippen LogP contribution in [0.25, 0.3) is 0 Å². The number of hydrogen-bond acceptors (Lipinski definition) is 2. The van der Waals surface area contributed by atoms with Gasteiger partial charge in [-0.2, -0.15) is 0 Å². The number of carbonyl (C=O) groups is 1. The Hall–Kier alpha value is -1.62. The number of carbonyl (C=O) groups excluding carboxylic acids is 1. The summed E-state index contributed by atoms with van der Waals surface area (Å²) in [5, 5.41) is 5.63. The summed E-state index contributed by atoms with van der Waals surface area (Å²) in [5.41, 5.74) is 6.77. The van der Waals surface area contributed by atoms with Crippen LogP contribution in [0.5, 0.6) is 0 Å². The summed E-state index contributed by atoms with van der Waals surface area (Å²) in [6.07, 6.45) is 0. The van der Waals surface area contributed by atoms with E-state index in [0.29, 0.717) is 5.69 Å². The van der Waals surface area contributed by atoms with E-state index in [9.17, 15) is 4.79 Å². The lowest BCUT2D eigenvalue weighted by molar-refractivity contribution is -0.114. The first-order valence-electron chi connectivity index (χ1n) is 4.02. The second-order valence-electron chi connectivity index (χ2n) is 2.75. The number of amides is 1. The lowest BCUT2D eigenvalue weighted by Gasteiger charge is -2.06. The van der Waals surface area contributed by atoms with E-state index in [1.54, 1.807) is 18.2 Å². The van der Waals surface area contributed by atoms with Crippen molar-refractivity contribution < 1.29 is 4.79 Å². The second-order valence-corrected chi connectivity index (χ2v) is 3.19. The third kappa shape index (κ3) is 3.40. The molecule has 0 spiro atoms. The molecule has 0 aliphatic carbocycles. The number of hydrogen-bond donors (Lipinski definition) is 3. The number of thiocarbonyl (C=S) groups is 1. The van der Waals surface area contributed by atoms with Gasteiger partial charge in [-0.3, -0.25) is 4.79 Å². The van der Waals surface area contributed by atoms with E-state index < -0.39 is 0 Å². The highest BCUT2D eigenvalue weighted by Gasteiger charge is 1.97. The van der Waals surface area contributed by atoms with Gasteiger partial charge in [-0.1, -0.05) is 6.07 Å². The molecule has 0 aliphatic rings. The zero-order valence-electron chi connectivity index (χ0n) is 7.70. The lowest BCUT2D eigenvalue weighted by Crippen LogP contribution is -2.19. The predicted molar refractivity (Wildman–Crippen MR) is 61.2 cm³/mol. The van der Waals surface area contributed by atoms with Crippen molar-refractivity contribution in [3.8, 4) is 0 Å². The van der Waals surface area contributed by atoms with Crippen molar-refractivity contribution >= 4 is 34.6 Å². The van der Waals surface area contributed by atoms with Crippen molar-refractivity contribution in [2.24, 2.45) is 5.73 Å². The average molecular weight is 209 g/mol. The van der Waals surface area contributed by atoms with Crippen LogP contribution in [0.1, 0.15) is 6.92 Å². The average Bonchev–Trinajstić information content (AvgIpc) is 2.01. The Morgan fingerprint density at radius 1 is 1.36 bits per heavy atom. The smallest absolute Gasteiger partial charge is 0.221 e. The van der Waals surface area contributed by atoms with Gasteiger partial charge < -0.3 is 16.4 Å². The highest BCUT2D eigenvalue weighted by Crippen LogP contribution is 2.14. The molecule has 0 fully saturated rings. The van der Waals surface area contributed by atoms with Gasteiger partial charge in [-0.25, -0.2) is 0 Å². The molecule has 0 heterocycles. The molecule has 1 rings (SSSR count). The normalized spacial score (nSPS) is 9.21. The predicted octanol–water partition coefficient (Wildman–Crippen LogP) is 1.30. The second kappa shape index (κ2) is 4.57. The minimum atomic E-state index is -0.113. The first-order chi connectivity index (χ1) is 6.58. The van der Waals surface area contributed by atoms with E-state index >= 15 is 0 Å². The van der Waals surface area contributed by atoms with Gasteiger partial charge in [0.25, 0.3) is 0 Å². The van der Waals surface area contributed by atoms with Crippen LogP contribution in [0.2, 0.25) is 0 Å². The first-order valence-corrected chi connectivity index (χ1v) is 4.43. The van der Waals surface area contributed by atoms with E-state index in [2.05, 4.69) is 22.9 Å². The number of nitrogens with one attached hydrogen (secondary N) is 2. The van der Waals surface area contributed by atoms with Crippen LogP contribution in [0.15, 0.2) is 24.3 Å². The summed E-state index contributed by atoms with van der Waals surface area (Å²) in [5.74, 6) is -0.113. The summed E-state index contributed by atoms with van der Waals surface area (Å²) >= 11 is 4.69. The van der Waals surface area contributed by atoms with Crippen LogP contribution in [0.4, 0.5) is 11.4 Å². The number of rotatable bonds is 2. The van der Waals surface area contributed by atoms with E-state index in [0.717, 1.165) is 5.69 Å². The monoisotopic (exact) mass is 209 g/mol. The Morgan fingerprint density at radius 2 is 1.93 bits per heavy atom. The summed E-state index contributed by atoms with van der Waals surface area (Å²) in [6.45, 7) is 1.45. The summed E-state index contributed by atoms with van der Waals surface area (Å²) < 4.78 is 0. The quantitative estimate of drug-likeness (QED) is 0.642. The minimum absolute atomic E-state index is 0.113. The van der Waals surface area contributed by atoms with Crippen molar-refractivity contribution in [1.29, 1.82) is 0 Å². The van der Waals surface area contributed by atoms with E-state index in [-0.39, 0.29) is 11.0 Å². The van der Waals surface area contributed by atoms with Crippen LogP contribution in [-0.4, -0.2) is 11.0 Å². The standard InChI is InChI=1S/C9H11N3OS/c1-6(13)11-7-3-2-4-8(5-7)12-9(10)14/h2-5H,1H3,(H,11,13)(H3,10,12,14). The van der Waals surface area contributed by atoms with E-state index in [4.69, 9.17) is 5.73 Å². The third-order valence-electron chi connectivity index (χ3n) is 1.45. The maximum atomic E-state index is 10.8. The van der Waals surface area contributed by atoms with Gasteiger partial charge in [0.2, 0.25) is 5.91 Å². The molecule has 0 saturated heterocycles. The van der Waals surface area contributed by atoms with Gasteiger partial charge in [0, 0.05) is 18.3 Å². The summed E-state index contributed by atoms with van der Waals surface area (Å²) in [7, 11) is 0.